The van der Waals surface area contributed by atoms with Crippen LogP contribution in [0.25, 0.3) is 0 Å². The zero-order valence-electron chi connectivity index (χ0n) is 7.34. The van der Waals surface area contributed by atoms with Gasteiger partial charge in [0.05, 0.1) is 0 Å². The van der Waals surface area contributed by atoms with Crippen molar-refractivity contribution in [1.82, 2.24) is 0 Å². The number of halogens is 4. The number of hydrogen-bond acceptors (Lipinski definition) is 2. The van der Waals surface area contributed by atoms with E-state index < -0.39 is 12.1 Å². The molecule has 0 unspecified atom stereocenters. The van der Waals surface area contributed by atoms with E-state index in [1.807, 2.05) is 22.6 Å². The lowest BCUT2D eigenvalue weighted by Crippen LogP contribution is -2.25. The summed E-state index contributed by atoms with van der Waals surface area (Å²) in [5.74, 6) is -2.17. The van der Waals surface area contributed by atoms with Gasteiger partial charge in [-0.25, -0.2) is 4.79 Å². The molecule has 0 aliphatic heterocycles. The van der Waals surface area contributed by atoms with E-state index >= 15 is 0 Å². The Balaban J connectivity index is 2.55. The standard InChI is InChI=1S/C9H6F3IO2/c10-9(11,12)8(14)15-5-6-2-1-3-7(13)4-6/h1-4H,5H2. The predicted octanol–water partition coefficient (Wildman–Crippen LogP) is 2.90. The normalized spacial score (nSPS) is 11.2. The van der Waals surface area contributed by atoms with Crippen LogP contribution in [-0.4, -0.2) is 12.1 Å². The van der Waals surface area contributed by atoms with Crippen molar-refractivity contribution in [3.63, 3.8) is 0 Å². The average molecular weight is 330 g/mol. The Hall–Kier alpha value is -0.790. The molecule has 1 aromatic carbocycles. The number of hydrogen-bond donors (Lipinski definition) is 0. The fraction of sp³-hybridized carbons (Fsp3) is 0.222. The third kappa shape index (κ3) is 4.06. The Labute approximate surface area is 97.6 Å². The number of rotatable bonds is 2. The van der Waals surface area contributed by atoms with Crippen LogP contribution in [0.3, 0.4) is 0 Å². The van der Waals surface area contributed by atoms with Crippen molar-refractivity contribution >= 4 is 28.6 Å². The second-order valence-electron chi connectivity index (χ2n) is 2.70. The summed E-state index contributed by atoms with van der Waals surface area (Å²) in [6, 6.07) is 6.70. The first-order chi connectivity index (χ1) is 6.89. The van der Waals surface area contributed by atoms with E-state index in [0.29, 0.717) is 5.56 Å². The van der Waals surface area contributed by atoms with Crippen LogP contribution in [0.15, 0.2) is 24.3 Å². The van der Waals surface area contributed by atoms with Crippen molar-refractivity contribution < 1.29 is 22.7 Å². The van der Waals surface area contributed by atoms with Crippen LogP contribution >= 0.6 is 22.6 Å². The Kier molecular flexibility index (Phi) is 3.95. The highest BCUT2D eigenvalue weighted by Gasteiger charge is 2.40. The van der Waals surface area contributed by atoms with Crippen molar-refractivity contribution in [3.8, 4) is 0 Å². The van der Waals surface area contributed by atoms with Crippen molar-refractivity contribution in [2.45, 2.75) is 12.8 Å². The van der Waals surface area contributed by atoms with Crippen molar-refractivity contribution in [2.24, 2.45) is 0 Å². The van der Waals surface area contributed by atoms with Gasteiger partial charge in [0.1, 0.15) is 6.61 Å². The molecule has 82 valence electrons. The largest absolute Gasteiger partial charge is 0.490 e. The summed E-state index contributed by atoms with van der Waals surface area (Å²) >= 11 is 2.02. The van der Waals surface area contributed by atoms with Crippen LogP contribution in [-0.2, 0) is 16.1 Å². The van der Waals surface area contributed by atoms with E-state index in [-0.39, 0.29) is 6.61 Å². The highest BCUT2D eigenvalue weighted by molar-refractivity contribution is 14.1. The van der Waals surface area contributed by atoms with Gasteiger partial charge in [-0.3, -0.25) is 0 Å². The fourth-order valence-electron chi connectivity index (χ4n) is 0.857. The summed E-state index contributed by atoms with van der Waals surface area (Å²) in [7, 11) is 0. The van der Waals surface area contributed by atoms with Gasteiger partial charge in [-0.05, 0) is 40.3 Å². The minimum atomic E-state index is -4.93. The second kappa shape index (κ2) is 4.82. The van der Waals surface area contributed by atoms with Crippen molar-refractivity contribution in [3.05, 3.63) is 33.4 Å². The summed E-state index contributed by atoms with van der Waals surface area (Å²) in [4.78, 5) is 10.4. The topological polar surface area (TPSA) is 26.3 Å². The number of carbonyl (C=O) groups excluding carboxylic acids is 1. The Morgan fingerprint density at radius 3 is 2.60 bits per heavy atom. The minimum Gasteiger partial charge on any atom is -0.454 e. The van der Waals surface area contributed by atoms with E-state index in [0.717, 1.165) is 3.57 Å². The molecule has 0 saturated heterocycles. The SMILES string of the molecule is O=C(OCc1cccc(I)c1)C(F)(F)F. The highest BCUT2D eigenvalue weighted by Crippen LogP contribution is 2.18. The third-order valence-electron chi connectivity index (χ3n) is 1.49. The molecule has 0 aliphatic carbocycles. The number of esters is 1. The molecule has 15 heavy (non-hydrogen) atoms. The number of benzene rings is 1. The van der Waals surface area contributed by atoms with Crippen LogP contribution in [0.1, 0.15) is 5.56 Å². The van der Waals surface area contributed by atoms with Crippen LogP contribution in [0, 0.1) is 3.57 Å². The maximum absolute atomic E-state index is 11.8. The van der Waals surface area contributed by atoms with Crippen LogP contribution in [0.4, 0.5) is 13.2 Å². The van der Waals surface area contributed by atoms with Crippen molar-refractivity contribution in [2.75, 3.05) is 0 Å². The Morgan fingerprint density at radius 1 is 1.40 bits per heavy atom. The first-order valence-corrected chi connectivity index (χ1v) is 4.96. The lowest BCUT2D eigenvalue weighted by atomic mass is 10.2. The smallest absolute Gasteiger partial charge is 0.454 e. The number of alkyl halides is 3. The Morgan fingerprint density at radius 2 is 2.07 bits per heavy atom. The maximum Gasteiger partial charge on any atom is 0.490 e. The first-order valence-electron chi connectivity index (χ1n) is 3.88. The monoisotopic (exact) mass is 330 g/mol. The molecular formula is C9H6F3IO2. The van der Waals surface area contributed by atoms with Gasteiger partial charge < -0.3 is 4.74 Å². The zero-order chi connectivity index (χ0) is 11.5. The maximum atomic E-state index is 11.8. The van der Waals surface area contributed by atoms with Gasteiger partial charge in [0, 0.05) is 3.57 Å². The molecular weight excluding hydrogens is 324 g/mol. The van der Waals surface area contributed by atoms with E-state index in [2.05, 4.69) is 4.74 Å². The molecule has 0 aromatic heterocycles. The molecule has 0 radical (unpaired) electrons. The molecule has 0 heterocycles. The lowest BCUT2D eigenvalue weighted by molar-refractivity contribution is -0.201. The van der Waals surface area contributed by atoms with Crippen LogP contribution in [0.2, 0.25) is 0 Å². The van der Waals surface area contributed by atoms with Crippen LogP contribution < -0.4 is 0 Å². The van der Waals surface area contributed by atoms with Crippen molar-refractivity contribution in [1.29, 1.82) is 0 Å². The molecule has 0 atom stereocenters. The number of carbonyl (C=O) groups is 1. The zero-order valence-corrected chi connectivity index (χ0v) is 9.50. The summed E-state index contributed by atoms with van der Waals surface area (Å²) in [5, 5.41) is 0. The predicted molar refractivity (Wildman–Crippen MR) is 55.0 cm³/mol. The second-order valence-corrected chi connectivity index (χ2v) is 3.95. The molecule has 2 nitrogen and oxygen atoms in total. The average Bonchev–Trinajstić information content (AvgIpc) is 2.12. The molecule has 0 N–H and O–H groups in total. The molecule has 1 aromatic rings. The fourth-order valence-corrected chi connectivity index (χ4v) is 1.47. The quantitative estimate of drug-likeness (QED) is 0.616. The molecule has 0 saturated carbocycles. The summed E-state index contributed by atoms with van der Waals surface area (Å²) < 4.78 is 40.2. The van der Waals surface area contributed by atoms with Gasteiger partial charge in [-0.2, -0.15) is 13.2 Å². The molecule has 0 fully saturated rings. The molecule has 0 aliphatic rings. The molecule has 6 heteroatoms. The summed E-state index contributed by atoms with van der Waals surface area (Å²) in [6.45, 7) is -0.366. The van der Waals surface area contributed by atoms with Gasteiger partial charge in [0.2, 0.25) is 0 Å². The van der Waals surface area contributed by atoms with Gasteiger partial charge >= 0.3 is 12.1 Å². The molecule has 0 bridgehead atoms. The first kappa shape index (κ1) is 12.3. The lowest BCUT2D eigenvalue weighted by Gasteiger charge is -2.07. The van der Waals surface area contributed by atoms with Gasteiger partial charge in [0.25, 0.3) is 0 Å². The minimum absolute atomic E-state index is 0.366. The van der Waals surface area contributed by atoms with E-state index in [1.54, 1.807) is 24.3 Å². The van der Waals surface area contributed by atoms with E-state index in [9.17, 15) is 18.0 Å². The molecule has 0 amide bonds. The Bertz CT molecular complexity index is 363. The van der Waals surface area contributed by atoms with Gasteiger partial charge in [-0.15, -0.1) is 0 Å². The van der Waals surface area contributed by atoms with Gasteiger partial charge in [0.15, 0.2) is 0 Å². The van der Waals surface area contributed by atoms with Crippen LogP contribution in [0.5, 0.6) is 0 Å². The van der Waals surface area contributed by atoms with E-state index in [4.69, 9.17) is 0 Å². The number of ether oxygens (including phenoxy) is 1. The third-order valence-corrected chi connectivity index (χ3v) is 2.16. The van der Waals surface area contributed by atoms with E-state index in [1.165, 1.54) is 0 Å². The highest BCUT2D eigenvalue weighted by atomic mass is 127. The summed E-state index contributed by atoms with van der Waals surface area (Å²) in [6.07, 6.45) is -4.93. The molecule has 0 spiro atoms. The summed E-state index contributed by atoms with van der Waals surface area (Å²) in [5.41, 5.74) is 0.527. The van der Waals surface area contributed by atoms with Gasteiger partial charge in [-0.1, -0.05) is 12.1 Å². The molecule has 1 rings (SSSR count).